The summed E-state index contributed by atoms with van der Waals surface area (Å²) in [5.41, 5.74) is 1.13. The van der Waals surface area contributed by atoms with Gasteiger partial charge in [0.05, 0.1) is 4.90 Å². The number of rotatable bonds is 8. The summed E-state index contributed by atoms with van der Waals surface area (Å²) in [5.74, 6) is -1.66. The molecular formula is C20H20F2N2O3S. The second-order valence-electron chi connectivity index (χ2n) is 6.62. The van der Waals surface area contributed by atoms with Gasteiger partial charge in [-0.2, -0.15) is 0 Å². The Morgan fingerprint density at radius 2 is 1.71 bits per heavy atom. The quantitative estimate of drug-likeness (QED) is 0.662. The van der Waals surface area contributed by atoms with Gasteiger partial charge in [0.1, 0.15) is 11.6 Å². The first-order valence-corrected chi connectivity index (χ1v) is 10.3. The monoisotopic (exact) mass is 406 g/mol. The highest BCUT2D eigenvalue weighted by atomic mass is 32.2. The van der Waals surface area contributed by atoms with E-state index in [0.717, 1.165) is 18.9 Å². The van der Waals surface area contributed by atoms with Crippen molar-refractivity contribution < 1.29 is 22.0 Å². The Kier molecular flexibility index (Phi) is 6.21. The Morgan fingerprint density at radius 1 is 1.07 bits per heavy atom. The first-order chi connectivity index (χ1) is 13.3. The van der Waals surface area contributed by atoms with Gasteiger partial charge in [-0.3, -0.25) is 4.79 Å². The Morgan fingerprint density at radius 3 is 2.32 bits per heavy atom. The van der Waals surface area contributed by atoms with Crippen molar-refractivity contribution in [2.45, 2.75) is 30.2 Å². The Hall–Kier alpha value is -2.58. The summed E-state index contributed by atoms with van der Waals surface area (Å²) >= 11 is 0. The van der Waals surface area contributed by atoms with E-state index in [2.05, 4.69) is 10.0 Å². The van der Waals surface area contributed by atoms with Crippen LogP contribution >= 0.6 is 0 Å². The molecule has 1 amide bonds. The standard InChI is InChI=1S/C20H20F2N2O3S/c21-16-11-15(12-17(22)13-16)9-10-23-20(25)8-3-14-1-6-19(7-2-14)28(26,27)24-18-4-5-18/h1-3,6-8,11-13,18,24H,4-5,9-10H2,(H,23,25)/b8-3+. The van der Waals surface area contributed by atoms with Crippen molar-refractivity contribution in [2.75, 3.05) is 6.54 Å². The van der Waals surface area contributed by atoms with E-state index < -0.39 is 21.7 Å². The molecule has 1 fully saturated rings. The molecule has 0 unspecified atom stereocenters. The summed E-state index contributed by atoms with van der Waals surface area (Å²) < 4.78 is 53.0. The van der Waals surface area contributed by atoms with E-state index in [0.29, 0.717) is 17.5 Å². The van der Waals surface area contributed by atoms with Crippen LogP contribution in [0.2, 0.25) is 0 Å². The molecular weight excluding hydrogens is 386 g/mol. The van der Waals surface area contributed by atoms with Gasteiger partial charge in [0.25, 0.3) is 0 Å². The summed E-state index contributed by atoms with van der Waals surface area (Å²) in [5, 5.41) is 2.63. The van der Waals surface area contributed by atoms with Gasteiger partial charge in [0.2, 0.25) is 15.9 Å². The van der Waals surface area contributed by atoms with Gasteiger partial charge in [-0.25, -0.2) is 21.9 Å². The van der Waals surface area contributed by atoms with Crippen LogP contribution in [0.3, 0.4) is 0 Å². The van der Waals surface area contributed by atoms with E-state index in [1.165, 1.54) is 30.3 Å². The van der Waals surface area contributed by atoms with Gasteiger partial charge in [-0.05, 0) is 60.7 Å². The summed E-state index contributed by atoms with van der Waals surface area (Å²) in [7, 11) is -3.50. The van der Waals surface area contributed by atoms with Crippen LogP contribution in [0.4, 0.5) is 8.78 Å². The second-order valence-corrected chi connectivity index (χ2v) is 8.33. The molecule has 28 heavy (non-hydrogen) atoms. The molecule has 148 valence electrons. The number of sulfonamides is 1. The molecule has 0 saturated heterocycles. The number of amides is 1. The number of nitrogens with one attached hydrogen (secondary N) is 2. The molecule has 1 saturated carbocycles. The molecule has 0 radical (unpaired) electrons. The number of hydrogen-bond acceptors (Lipinski definition) is 3. The summed E-state index contributed by atoms with van der Waals surface area (Å²) in [4.78, 5) is 12.0. The number of halogens is 2. The molecule has 1 aliphatic carbocycles. The molecule has 2 aromatic carbocycles. The fourth-order valence-corrected chi connectivity index (χ4v) is 3.87. The van der Waals surface area contributed by atoms with Crippen molar-refractivity contribution >= 4 is 22.0 Å². The third-order valence-electron chi connectivity index (χ3n) is 4.15. The van der Waals surface area contributed by atoms with Crippen molar-refractivity contribution in [1.29, 1.82) is 0 Å². The van der Waals surface area contributed by atoms with Gasteiger partial charge in [-0.15, -0.1) is 0 Å². The van der Waals surface area contributed by atoms with Gasteiger partial charge >= 0.3 is 0 Å². The molecule has 2 N–H and O–H groups in total. The third-order valence-corrected chi connectivity index (χ3v) is 5.69. The van der Waals surface area contributed by atoms with Crippen LogP contribution in [-0.2, 0) is 21.2 Å². The maximum atomic E-state index is 13.1. The molecule has 0 bridgehead atoms. The van der Waals surface area contributed by atoms with Crippen molar-refractivity contribution in [3.8, 4) is 0 Å². The van der Waals surface area contributed by atoms with E-state index in [-0.39, 0.29) is 23.4 Å². The molecule has 0 spiro atoms. The molecule has 5 nitrogen and oxygen atoms in total. The zero-order valence-corrected chi connectivity index (χ0v) is 15.8. The average Bonchev–Trinajstić information content (AvgIpc) is 3.43. The molecule has 0 aromatic heterocycles. The molecule has 2 aromatic rings. The molecule has 0 heterocycles. The van der Waals surface area contributed by atoms with Crippen molar-refractivity contribution in [3.63, 3.8) is 0 Å². The van der Waals surface area contributed by atoms with Crippen LogP contribution < -0.4 is 10.0 Å². The maximum absolute atomic E-state index is 13.1. The Balaban J connectivity index is 1.49. The fourth-order valence-electron chi connectivity index (χ4n) is 2.56. The van der Waals surface area contributed by atoms with E-state index in [9.17, 15) is 22.0 Å². The second kappa shape index (κ2) is 8.62. The van der Waals surface area contributed by atoms with E-state index in [1.54, 1.807) is 18.2 Å². The minimum Gasteiger partial charge on any atom is -0.352 e. The predicted octanol–water partition coefficient (Wildman–Crippen LogP) is 2.78. The van der Waals surface area contributed by atoms with Gasteiger partial charge in [0.15, 0.2) is 0 Å². The third kappa shape index (κ3) is 5.97. The lowest BCUT2D eigenvalue weighted by Crippen LogP contribution is -2.25. The lowest BCUT2D eigenvalue weighted by atomic mass is 10.1. The largest absolute Gasteiger partial charge is 0.352 e. The van der Waals surface area contributed by atoms with E-state index in [4.69, 9.17) is 0 Å². The minimum atomic E-state index is -3.50. The van der Waals surface area contributed by atoms with Crippen molar-refractivity contribution in [3.05, 3.63) is 71.3 Å². The zero-order valence-electron chi connectivity index (χ0n) is 15.0. The SMILES string of the molecule is O=C(/C=C/c1ccc(S(=O)(=O)NC2CC2)cc1)NCCc1cc(F)cc(F)c1. The smallest absolute Gasteiger partial charge is 0.244 e. The highest BCUT2D eigenvalue weighted by Crippen LogP contribution is 2.22. The van der Waals surface area contributed by atoms with Crippen molar-refractivity contribution in [1.82, 2.24) is 10.0 Å². The number of benzene rings is 2. The molecule has 8 heteroatoms. The molecule has 3 rings (SSSR count). The molecule has 0 atom stereocenters. The van der Waals surface area contributed by atoms with E-state index in [1.807, 2.05) is 0 Å². The number of carbonyl (C=O) groups is 1. The van der Waals surface area contributed by atoms with Crippen molar-refractivity contribution in [2.24, 2.45) is 0 Å². The van der Waals surface area contributed by atoms with Crippen LogP contribution in [0.5, 0.6) is 0 Å². The normalized spacial score (nSPS) is 14.4. The lowest BCUT2D eigenvalue weighted by molar-refractivity contribution is -0.116. The van der Waals surface area contributed by atoms with Crippen LogP contribution in [0.1, 0.15) is 24.0 Å². The summed E-state index contributed by atoms with van der Waals surface area (Å²) in [6.45, 7) is 0.232. The average molecular weight is 406 g/mol. The van der Waals surface area contributed by atoms with Gasteiger partial charge in [-0.1, -0.05) is 12.1 Å². The van der Waals surface area contributed by atoms with Crippen LogP contribution in [0, 0.1) is 11.6 Å². The van der Waals surface area contributed by atoms with Gasteiger partial charge in [0, 0.05) is 24.7 Å². The first kappa shape index (κ1) is 20.2. The highest BCUT2D eigenvalue weighted by Gasteiger charge is 2.27. The fraction of sp³-hybridized carbons (Fsp3) is 0.250. The Bertz CT molecular complexity index is 965. The number of carbonyl (C=O) groups excluding carboxylic acids is 1. The lowest BCUT2D eigenvalue weighted by Gasteiger charge is -2.05. The van der Waals surface area contributed by atoms with Crippen LogP contribution in [-0.4, -0.2) is 26.9 Å². The predicted molar refractivity (Wildman–Crippen MR) is 102 cm³/mol. The number of hydrogen-bond donors (Lipinski definition) is 2. The highest BCUT2D eigenvalue weighted by molar-refractivity contribution is 7.89. The molecule has 0 aliphatic heterocycles. The van der Waals surface area contributed by atoms with Crippen LogP contribution in [0.15, 0.2) is 53.4 Å². The topological polar surface area (TPSA) is 75.3 Å². The Labute approximate surface area is 162 Å². The van der Waals surface area contributed by atoms with Gasteiger partial charge < -0.3 is 5.32 Å². The van der Waals surface area contributed by atoms with Crippen LogP contribution in [0.25, 0.3) is 6.08 Å². The minimum absolute atomic E-state index is 0.0390. The summed E-state index contributed by atoms with van der Waals surface area (Å²) in [6.07, 6.45) is 4.90. The first-order valence-electron chi connectivity index (χ1n) is 8.85. The maximum Gasteiger partial charge on any atom is 0.244 e. The summed E-state index contributed by atoms with van der Waals surface area (Å²) in [6, 6.07) is 9.47. The zero-order chi connectivity index (χ0) is 20.1. The van der Waals surface area contributed by atoms with E-state index >= 15 is 0 Å². The molecule has 1 aliphatic rings.